The highest BCUT2D eigenvalue weighted by atomic mass is 35.5. The van der Waals surface area contributed by atoms with E-state index < -0.39 is 0 Å². The molecule has 2 fully saturated rings. The highest BCUT2D eigenvalue weighted by molar-refractivity contribution is 6.30. The first-order valence-electron chi connectivity index (χ1n) is 11.4. The molecule has 168 valence electrons. The van der Waals surface area contributed by atoms with Gasteiger partial charge in [0.1, 0.15) is 11.9 Å². The molecule has 4 rings (SSSR count). The van der Waals surface area contributed by atoms with E-state index in [0.29, 0.717) is 37.7 Å². The predicted octanol–water partition coefficient (Wildman–Crippen LogP) is 4.57. The molecule has 0 N–H and O–H groups in total. The molecule has 7 heteroatoms. The standard InChI is InChI=1S/C24H32ClN3O3/c1-27-20(11-13-30-21-8-4-7-19(25)15-21)16-22(26-27)23-17-28(12-14-31-23)24(29)10-9-18-5-2-3-6-18/h4,7-8,15-16,18,23H,2-3,5-6,9-14,17H2,1H3. The zero-order valence-corrected chi connectivity index (χ0v) is 19.0. The Hall–Kier alpha value is -2.05. The van der Waals surface area contributed by atoms with Crippen LogP contribution in [-0.2, 0) is 23.0 Å². The van der Waals surface area contributed by atoms with Gasteiger partial charge in [-0.05, 0) is 36.6 Å². The quantitative estimate of drug-likeness (QED) is 0.597. The number of rotatable bonds is 8. The van der Waals surface area contributed by atoms with Crippen molar-refractivity contribution >= 4 is 17.5 Å². The lowest BCUT2D eigenvalue weighted by molar-refractivity contribution is -0.139. The van der Waals surface area contributed by atoms with E-state index in [0.717, 1.165) is 35.9 Å². The Morgan fingerprint density at radius 1 is 1.29 bits per heavy atom. The molecule has 2 heterocycles. The molecule has 1 saturated carbocycles. The molecule has 1 unspecified atom stereocenters. The van der Waals surface area contributed by atoms with Crippen LogP contribution in [0, 0.1) is 5.92 Å². The third kappa shape index (κ3) is 6.01. The minimum atomic E-state index is -0.169. The lowest BCUT2D eigenvalue weighted by atomic mass is 10.0. The third-order valence-corrected chi connectivity index (χ3v) is 6.64. The van der Waals surface area contributed by atoms with E-state index in [1.54, 1.807) is 0 Å². The van der Waals surface area contributed by atoms with Crippen LogP contribution in [0.15, 0.2) is 30.3 Å². The van der Waals surface area contributed by atoms with Crippen LogP contribution in [0.2, 0.25) is 5.02 Å². The van der Waals surface area contributed by atoms with Gasteiger partial charge in [0.05, 0.1) is 25.5 Å². The number of aryl methyl sites for hydroxylation is 1. The number of morpholine rings is 1. The SMILES string of the molecule is Cn1nc(C2CN(C(=O)CCC3CCCC3)CCO2)cc1CCOc1cccc(Cl)c1. The number of carbonyl (C=O) groups excluding carboxylic acids is 1. The van der Waals surface area contributed by atoms with Crippen molar-refractivity contribution in [1.29, 1.82) is 0 Å². The highest BCUT2D eigenvalue weighted by Gasteiger charge is 2.28. The van der Waals surface area contributed by atoms with E-state index >= 15 is 0 Å². The van der Waals surface area contributed by atoms with Crippen molar-refractivity contribution in [2.45, 2.75) is 51.0 Å². The molecule has 1 atom stereocenters. The zero-order chi connectivity index (χ0) is 21.6. The summed E-state index contributed by atoms with van der Waals surface area (Å²) in [5.74, 6) is 1.76. The van der Waals surface area contributed by atoms with Gasteiger partial charge in [0, 0.05) is 37.2 Å². The molecule has 1 aliphatic carbocycles. The summed E-state index contributed by atoms with van der Waals surface area (Å²) in [7, 11) is 1.94. The zero-order valence-electron chi connectivity index (χ0n) is 18.3. The molecule has 2 aromatic rings. The smallest absolute Gasteiger partial charge is 0.222 e. The summed E-state index contributed by atoms with van der Waals surface area (Å²) in [6.07, 6.45) is 7.47. The summed E-state index contributed by atoms with van der Waals surface area (Å²) in [6.45, 7) is 2.35. The summed E-state index contributed by atoms with van der Waals surface area (Å²) < 4.78 is 13.6. The van der Waals surface area contributed by atoms with Gasteiger partial charge in [-0.25, -0.2) is 0 Å². The molecule has 0 bridgehead atoms. The van der Waals surface area contributed by atoms with Crippen LogP contribution in [0.3, 0.4) is 0 Å². The van der Waals surface area contributed by atoms with E-state index in [4.69, 9.17) is 21.1 Å². The van der Waals surface area contributed by atoms with Crippen LogP contribution in [-0.4, -0.2) is 46.9 Å². The van der Waals surface area contributed by atoms with E-state index in [-0.39, 0.29) is 12.0 Å². The molecule has 0 radical (unpaired) electrons. The lowest BCUT2D eigenvalue weighted by Crippen LogP contribution is -2.42. The summed E-state index contributed by atoms with van der Waals surface area (Å²) >= 11 is 6.01. The second-order valence-corrected chi connectivity index (χ2v) is 9.06. The Balaban J connectivity index is 1.29. The molecule has 1 aliphatic heterocycles. The first kappa shape index (κ1) is 22.2. The van der Waals surface area contributed by atoms with Gasteiger partial charge >= 0.3 is 0 Å². The van der Waals surface area contributed by atoms with Gasteiger partial charge in [-0.3, -0.25) is 9.48 Å². The third-order valence-electron chi connectivity index (χ3n) is 6.41. The van der Waals surface area contributed by atoms with Gasteiger partial charge in [0.25, 0.3) is 0 Å². The first-order valence-corrected chi connectivity index (χ1v) is 11.8. The number of benzene rings is 1. The van der Waals surface area contributed by atoms with E-state index in [1.807, 2.05) is 40.9 Å². The average molecular weight is 446 g/mol. The fourth-order valence-corrected chi connectivity index (χ4v) is 4.77. The van der Waals surface area contributed by atoms with Crippen molar-refractivity contribution < 1.29 is 14.3 Å². The molecular formula is C24H32ClN3O3. The van der Waals surface area contributed by atoms with Crippen LogP contribution in [0.5, 0.6) is 5.75 Å². The summed E-state index contributed by atoms with van der Waals surface area (Å²) in [4.78, 5) is 14.7. The van der Waals surface area contributed by atoms with Crippen LogP contribution < -0.4 is 4.74 Å². The molecule has 1 aromatic heterocycles. The first-order chi connectivity index (χ1) is 15.1. The van der Waals surface area contributed by atoms with Gasteiger partial charge in [0.2, 0.25) is 5.91 Å². The average Bonchev–Trinajstić information content (AvgIpc) is 3.42. The fraction of sp³-hybridized carbons (Fsp3) is 0.583. The molecule has 0 spiro atoms. The van der Waals surface area contributed by atoms with Crippen LogP contribution in [0.25, 0.3) is 0 Å². The Labute approximate surface area is 189 Å². The van der Waals surface area contributed by atoms with Crippen molar-refractivity contribution in [1.82, 2.24) is 14.7 Å². The monoisotopic (exact) mass is 445 g/mol. The fourth-order valence-electron chi connectivity index (χ4n) is 4.59. The second kappa shape index (κ2) is 10.5. The molecule has 1 aromatic carbocycles. The number of amides is 1. The second-order valence-electron chi connectivity index (χ2n) is 8.63. The number of hydrogen-bond donors (Lipinski definition) is 0. The van der Waals surface area contributed by atoms with Gasteiger partial charge in [-0.1, -0.05) is 43.4 Å². The van der Waals surface area contributed by atoms with Crippen molar-refractivity contribution in [3.05, 3.63) is 46.7 Å². The number of carbonyl (C=O) groups is 1. The minimum absolute atomic E-state index is 0.169. The number of halogens is 1. The largest absolute Gasteiger partial charge is 0.493 e. The molecule has 31 heavy (non-hydrogen) atoms. The topological polar surface area (TPSA) is 56.6 Å². The van der Waals surface area contributed by atoms with E-state index in [9.17, 15) is 4.79 Å². The van der Waals surface area contributed by atoms with Gasteiger partial charge in [-0.15, -0.1) is 0 Å². The Morgan fingerprint density at radius 2 is 2.13 bits per heavy atom. The summed E-state index contributed by atoms with van der Waals surface area (Å²) in [6, 6.07) is 9.48. The number of hydrogen-bond acceptors (Lipinski definition) is 4. The molecule has 1 amide bonds. The molecular weight excluding hydrogens is 414 g/mol. The highest BCUT2D eigenvalue weighted by Crippen LogP contribution is 2.29. The van der Waals surface area contributed by atoms with Crippen LogP contribution in [0.1, 0.15) is 56.0 Å². The van der Waals surface area contributed by atoms with Crippen LogP contribution in [0.4, 0.5) is 0 Å². The maximum atomic E-state index is 12.7. The Kier molecular flexibility index (Phi) is 7.51. The number of aromatic nitrogens is 2. The van der Waals surface area contributed by atoms with Gasteiger partial charge in [0.15, 0.2) is 0 Å². The van der Waals surface area contributed by atoms with E-state index in [1.165, 1.54) is 25.7 Å². The normalized spacial score (nSPS) is 19.7. The molecule has 2 aliphatic rings. The van der Waals surface area contributed by atoms with Crippen molar-refractivity contribution in [2.24, 2.45) is 13.0 Å². The number of ether oxygens (including phenoxy) is 2. The van der Waals surface area contributed by atoms with Crippen molar-refractivity contribution in [3.63, 3.8) is 0 Å². The Bertz CT molecular complexity index is 879. The number of nitrogens with zero attached hydrogens (tertiary/aromatic N) is 3. The van der Waals surface area contributed by atoms with Crippen molar-refractivity contribution in [2.75, 3.05) is 26.3 Å². The van der Waals surface area contributed by atoms with Gasteiger partial charge < -0.3 is 14.4 Å². The minimum Gasteiger partial charge on any atom is -0.493 e. The molecule has 6 nitrogen and oxygen atoms in total. The lowest BCUT2D eigenvalue weighted by Gasteiger charge is -2.32. The van der Waals surface area contributed by atoms with Crippen molar-refractivity contribution in [3.8, 4) is 5.75 Å². The Morgan fingerprint density at radius 3 is 2.94 bits per heavy atom. The summed E-state index contributed by atoms with van der Waals surface area (Å²) in [5.41, 5.74) is 1.96. The predicted molar refractivity (Wildman–Crippen MR) is 120 cm³/mol. The molecule has 1 saturated heterocycles. The maximum Gasteiger partial charge on any atom is 0.222 e. The van der Waals surface area contributed by atoms with Crippen LogP contribution >= 0.6 is 11.6 Å². The van der Waals surface area contributed by atoms with Gasteiger partial charge in [-0.2, -0.15) is 5.10 Å². The summed E-state index contributed by atoms with van der Waals surface area (Å²) in [5, 5.41) is 5.32. The van der Waals surface area contributed by atoms with E-state index in [2.05, 4.69) is 11.2 Å². The maximum absolute atomic E-state index is 12.7.